The second kappa shape index (κ2) is 8.24. The molecule has 2 aromatic rings. The van der Waals surface area contributed by atoms with Crippen LogP contribution in [0.3, 0.4) is 0 Å². The quantitative estimate of drug-likeness (QED) is 0.627. The van der Waals surface area contributed by atoms with Crippen LogP contribution < -0.4 is 10.2 Å². The highest BCUT2D eigenvalue weighted by atomic mass is 35.5. The molecule has 10 heteroatoms. The zero-order valence-corrected chi connectivity index (χ0v) is 14.9. The molecular weight excluding hydrogens is 348 g/mol. The van der Waals surface area contributed by atoms with Gasteiger partial charge in [-0.15, -0.1) is 12.4 Å². The van der Waals surface area contributed by atoms with Gasteiger partial charge in [0, 0.05) is 32.7 Å². The van der Waals surface area contributed by atoms with Gasteiger partial charge in [0.25, 0.3) is 5.69 Å². The van der Waals surface area contributed by atoms with E-state index in [4.69, 9.17) is 4.52 Å². The molecule has 1 unspecified atom stereocenters. The normalized spacial score (nSPS) is 17.8. The van der Waals surface area contributed by atoms with Crippen molar-refractivity contribution in [3.63, 3.8) is 0 Å². The molecule has 25 heavy (non-hydrogen) atoms. The second-order valence-corrected chi connectivity index (χ2v) is 5.85. The molecule has 1 atom stereocenters. The van der Waals surface area contributed by atoms with Crippen molar-refractivity contribution in [2.45, 2.75) is 12.6 Å². The Morgan fingerprint density at radius 2 is 2.24 bits per heavy atom. The molecule has 0 bridgehead atoms. The van der Waals surface area contributed by atoms with Gasteiger partial charge in [0.05, 0.1) is 17.5 Å². The number of nitro groups is 1. The fourth-order valence-electron chi connectivity index (χ4n) is 2.79. The molecule has 3 rings (SSSR count). The van der Waals surface area contributed by atoms with E-state index >= 15 is 0 Å². The van der Waals surface area contributed by atoms with Gasteiger partial charge in [-0.3, -0.25) is 15.0 Å². The number of nitro benzene ring substituents is 1. The number of anilines is 1. The molecule has 1 aliphatic rings. The number of nitrogens with zero attached hydrogens (tertiary/aromatic N) is 5. The number of halogens is 1. The van der Waals surface area contributed by atoms with Crippen LogP contribution in [0.25, 0.3) is 0 Å². The van der Waals surface area contributed by atoms with E-state index in [1.54, 1.807) is 30.1 Å². The van der Waals surface area contributed by atoms with Crippen LogP contribution in [0.2, 0.25) is 0 Å². The fraction of sp³-hybridized carbons (Fsp3) is 0.467. The number of nitrogens with one attached hydrogen (secondary N) is 1. The summed E-state index contributed by atoms with van der Waals surface area (Å²) >= 11 is 0. The Labute approximate surface area is 151 Å². The third kappa shape index (κ3) is 4.25. The van der Waals surface area contributed by atoms with E-state index in [2.05, 4.69) is 20.4 Å². The number of para-hydroxylation sites is 2. The topological polar surface area (TPSA) is 101 Å². The minimum Gasteiger partial charge on any atom is -0.360 e. The monoisotopic (exact) mass is 368 g/mol. The van der Waals surface area contributed by atoms with Crippen molar-refractivity contribution in [2.75, 3.05) is 38.6 Å². The van der Waals surface area contributed by atoms with Gasteiger partial charge in [0.15, 0.2) is 5.82 Å². The maximum absolute atomic E-state index is 11.1. The van der Waals surface area contributed by atoms with Gasteiger partial charge in [0.1, 0.15) is 5.69 Å². The van der Waals surface area contributed by atoms with E-state index in [0.717, 1.165) is 19.6 Å². The predicted octanol–water partition coefficient (Wildman–Crippen LogP) is 1.61. The van der Waals surface area contributed by atoms with Crippen molar-refractivity contribution in [2.24, 2.45) is 0 Å². The predicted molar refractivity (Wildman–Crippen MR) is 95.0 cm³/mol. The van der Waals surface area contributed by atoms with Crippen LogP contribution in [0, 0.1) is 10.1 Å². The molecule has 0 amide bonds. The van der Waals surface area contributed by atoms with E-state index in [1.165, 1.54) is 6.07 Å². The standard InChI is InChI=1S/C15H20N6O3.ClH/c1-19-8-7-16-9-13(19)15-17-14(24-18-15)10-20(2)11-5-3-4-6-12(11)21(22)23;/h3-6,13,16H,7-10H2,1-2H3;1H. The molecule has 1 aromatic carbocycles. The lowest BCUT2D eigenvalue weighted by atomic mass is 10.2. The Morgan fingerprint density at radius 3 is 2.96 bits per heavy atom. The molecule has 9 nitrogen and oxygen atoms in total. The number of rotatable bonds is 5. The van der Waals surface area contributed by atoms with Gasteiger partial charge >= 0.3 is 0 Å². The molecule has 1 saturated heterocycles. The average Bonchev–Trinajstić information content (AvgIpc) is 3.03. The zero-order valence-electron chi connectivity index (χ0n) is 14.1. The maximum Gasteiger partial charge on any atom is 0.292 e. The summed E-state index contributed by atoms with van der Waals surface area (Å²) < 4.78 is 5.33. The van der Waals surface area contributed by atoms with E-state index in [0.29, 0.717) is 23.9 Å². The van der Waals surface area contributed by atoms with Crippen LogP contribution >= 0.6 is 12.4 Å². The van der Waals surface area contributed by atoms with Crippen LogP contribution in [-0.2, 0) is 6.54 Å². The Hall–Kier alpha value is -2.23. The summed E-state index contributed by atoms with van der Waals surface area (Å²) in [5, 5.41) is 18.5. The van der Waals surface area contributed by atoms with Crippen molar-refractivity contribution in [1.82, 2.24) is 20.4 Å². The third-order valence-electron chi connectivity index (χ3n) is 4.15. The first-order chi connectivity index (χ1) is 11.6. The van der Waals surface area contributed by atoms with Gasteiger partial charge < -0.3 is 14.7 Å². The van der Waals surface area contributed by atoms with E-state index < -0.39 is 4.92 Å². The van der Waals surface area contributed by atoms with Crippen LogP contribution in [0.5, 0.6) is 0 Å². The molecule has 0 aliphatic carbocycles. The van der Waals surface area contributed by atoms with Gasteiger partial charge in [-0.1, -0.05) is 17.3 Å². The van der Waals surface area contributed by atoms with Gasteiger partial charge in [-0.2, -0.15) is 4.98 Å². The number of aromatic nitrogens is 2. The summed E-state index contributed by atoms with van der Waals surface area (Å²) in [6.45, 7) is 2.94. The molecule has 1 N–H and O–H groups in total. The SMILES string of the molecule is CN(Cc1nc(C2CNCCN2C)no1)c1ccccc1[N+](=O)[O-].Cl. The van der Waals surface area contributed by atoms with Crippen molar-refractivity contribution >= 4 is 23.8 Å². The highest BCUT2D eigenvalue weighted by Crippen LogP contribution is 2.27. The first-order valence-electron chi connectivity index (χ1n) is 7.74. The molecule has 136 valence electrons. The fourth-order valence-corrected chi connectivity index (χ4v) is 2.79. The number of hydrogen-bond acceptors (Lipinski definition) is 8. The Balaban J connectivity index is 0.00000225. The highest BCUT2D eigenvalue weighted by molar-refractivity contribution is 5.85. The van der Waals surface area contributed by atoms with Crippen molar-refractivity contribution in [1.29, 1.82) is 0 Å². The molecule has 0 saturated carbocycles. The number of likely N-dealkylation sites (N-methyl/N-ethyl adjacent to an activating group) is 1. The molecular formula is C15H21ClN6O3. The third-order valence-corrected chi connectivity index (χ3v) is 4.15. The van der Waals surface area contributed by atoms with E-state index in [1.807, 2.05) is 7.05 Å². The summed E-state index contributed by atoms with van der Waals surface area (Å²) in [4.78, 5) is 19.1. The summed E-state index contributed by atoms with van der Waals surface area (Å²) in [5.74, 6) is 1.07. The summed E-state index contributed by atoms with van der Waals surface area (Å²) in [6, 6.07) is 6.67. The van der Waals surface area contributed by atoms with Crippen LogP contribution in [0.15, 0.2) is 28.8 Å². The summed E-state index contributed by atoms with van der Waals surface area (Å²) in [6.07, 6.45) is 0. The van der Waals surface area contributed by atoms with Crippen LogP contribution in [0.4, 0.5) is 11.4 Å². The largest absolute Gasteiger partial charge is 0.360 e. The first kappa shape index (κ1) is 19.1. The summed E-state index contributed by atoms with van der Waals surface area (Å²) in [7, 11) is 3.79. The van der Waals surface area contributed by atoms with Gasteiger partial charge in [0.2, 0.25) is 5.89 Å². The van der Waals surface area contributed by atoms with E-state index in [9.17, 15) is 10.1 Å². The van der Waals surface area contributed by atoms with Crippen LogP contribution in [-0.4, -0.2) is 53.7 Å². The minimum atomic E-state index is -0.395. The Bertz CT molecular complexity index is 725. The lowest BCUT2D eigenvalue weighted by Crippen LogP contribution is -2.44. The maximum atomic E-state index is 11.1. The Kier molecular flexibility index (Phi) is 6.29. The molecule has 1 aromatic heterocycles. The molecule has 2 heterocycles. The first-order valence-corrected chi connectivity index (χ1v) is 7.74. The average molecular weight is 369 g/mol. The number of benzene rings is 1. The van der Waals surface area contributed by atoms with Crippen molar-refractivity contribution in [3.05, 3.63) is 46.1 Å². The van der Waals surface area contributed by atoms with Crippen LogP contribution in [0.1, 0.15) is 17.8 Å². The highest BCUT2D eigenvalue weighted by Gasteiger charge is 2.26. The summed E-state index contributed by atoms with van der Waals surface area (Å²) in [5.41, 5.74) is 0.564. The number of piperazine rings is 1. The molecule has 0 spiro atoms. The van der Waals surface area contributed by atoms with Crippen molar-refractivity contribution < 1.29 is 9.45 Å². The van der Waals surface area contributed by atoms with Gasteiger partial charge in [-0.05, 0) is 13.1 Å². The number of hydrogen-bond donors (Lipinski definition) is 1. The van der Waals surface area contributed by atoms with E-state index in [-0.39, 0.29) is 24.1 Å². The lowest BCUT2D eigenvalue weighted by Gasteiger charge is -2.30. The second-order valence-electron chi connectivity index (χ2n) is 5.85. The zero-order chi connectivity index (χ0) is 17.1. The molecule has 0 radical (unpaired) electrons. The van der Waals surface area contributed by atoms with Crippen molar-refractivity contribution in [3.8, 4) is 0 Å². The van der Waals surface area contributed by atoms with Gasteiger partial charge in [-0.25, -0.2) is 0 Å². The Morgan fingerprint density at radius 1 is 1.48 bits per heavy atom. The minimum absolute atomic E-state index is 0. The lowest BCUT2D eigenvalue weighted by molar-refractivity contribution is -0.384. The molecule has 1 fully saturated rings. The molecule has 1 aliphatic heterocycles. The smallest absolute Gasteiger partial charge is 0.292 e.